The maximum atomic E-state index is 12.1. The zero-order chi connectivity index (χ0) is 15.9. The van der Waals surface area contributed by atoms with Crippen molar-refractivity contribution in [2.24, 2.45) is 0 Å². The molecule has 0 fully saturated rings. The molecule has 22 heavy (non-hydrogen) atoms. The van der Waals surface area contributed by atoms with E-state index < -0.39 is 0 Å². The second-order valence-corrected chi connectivity index (χ2v) is 5.59. The molecule has 0 saturated carbocycles. The molecular formula is C14H19N3O4S. The third kappa shape index (κ3) is 3.70. The molecule has 2 rings (SSSR count). The topological polar surface area (TPSA) is 93.6 Å². The predicted octanol–water partition coefficient (Wildman–Crippen LogP) is 1.60. The number of aliphatic hydroxyl groups is 1. The average Bonchev–Trinajstić information content (AvgIpc) is 2.86. The van der Waals surface area contributed by atoms with Gasteiger partial charge in [-0.2, -0.15) is 0 Å². The van der Waals surface area contributed by atoms with Crippen LogP contribution in [0.3, 0.4) is 0 Å². The highest BCUT2D eigenvalue weighted by Gasteiger charge is 2.20. The number of nitrogens with one attached hydrogen (secondary N) is 1. The van der Waals surface area contributed by atoms with Crippen molar-refractivity contribution in [3.05, 3.63) is 16.8 Å². The lowest BCUT2D eigenvalue weighted by Gasteiger charge is -2.06. The summed E-state index contributed by atoms with van der Waals surface area (Å²) in [6.07, 6.45) is 2.08. The number of fused-ring (bicyclic) bond motifs is 1. The van der Waals surface area contributed by atoms with Crippen LogP contribution in [-0.2, 0) is 9.47 Å². The number of carbonyl (C=O) groups is 1. The first-order chi connectivity index (χ1) is 10.7. The molecule has 0 atom stereocenters. The van der Waals surface area contributed by atoms with Crippen molar-refractivity contribution in [1.29, 1.82) is 0 Å². The molecule has 8 heteroatoms. The van der Waals surface area contributed by atoms with Gasteiger partial charge in [-0.1, -0.05) is 0 Å². The van der Waals surface area contributed by atoms with E-state index in [1.807, 2.05) is 6.92 Å². The molecule has 2 heterocycles. The lowest BCUT2D eigenvalue weighted by molar-refractivity contribution is 0.0393. The Bertz CT molecular complexity index is 644. The Labute approximate surface area is 132 Å². The van der Waals surface area contributed by atoms with Crippen LogP contribution in [0.2, 0.25) is 0 Å². The summed E-state index contributed by atoms with van der Waals surface area (Å²) in [4.78, 5) is 21.8. The number of aromatic nitrogens is 2. The Morgan fingerprint density at radius 3 is 2.95 bits per heavy atom. The van der Waals surface area contributed by atoms with Gasteiger partial charge in [0.2, 0.25) is 0 Å². The zero-order valence-corrected chi connectivity index (χ0v) is 13.4. The lowest BCUT2D eigenvalue weighted by Crippen LogP contribution is -2.09. The van der Waals surface area contributed by atoms with Crippen LogP contribution in [0.25, 0.3) is 10.2 Å². The third-order valence-electron chi connectivity index (χ3n) is 3.06. The highest BCUT2D eigenvalue weighted by atomic mass is 32.1. The summed E-state index contributed by atoms with van der Waals surface area (Å²) in [6, 6.07) is 0. The second-order valence-electron chi connectivity index (χ2n) is 4.59. The normalized spacial score (nSPS) is 10.9. The molecule has 0 bridgehead atoms. The number of aryl methyl sites for hydroxylation is 1. The van der Waals surface area contributed by atoms with Crippen LogP contribution in [0.4, 0.5) is 5.82 Å². The van der Waals surface area contributed by atoms with Crippen molar-refractivity contribution >= 4 is 33.3 Å². The highest BCUT2D eigenvalue weighted by Crippen LogP contribution is 2.33. The number of esters is 1. The minimum Gasteiger partial charge on any atom is -0.459 e. The van der Waals surface area contributed by atoms with E-state index in [1.165, 1.54) is 17.7 Å². The van der Waals surface area contributed by atoms with E-state index in [0.717, 1.165) is 15.8 Å². The summed E-state index contributed by atoms with van der Waals surface area (Å²) in [7, 11) is 1.55. The molecule has 0 saturated heterocycles. The maximum absolute atomic E-state index is 12.1. The Morgan fingerprint density at radius 2 is 2.23 bits per heavy atom. The minimum absolute atomic E-state index is 0.112. The van der Waals surface area contributed by atoms with Crippen molar-refractivity contribution in [3.8, 4) is 0 Å². The third-order valence-corrected chi connectivity index (χ3v) is 4.24. The van der Waals surface area contributed by atoms with Crippen LogP contribution in [0.1, 0.15) is 21.7 Å². The number of ether oxygens (including phenoxy) is 2. The van der Waals surface area contributed by atoms with E-state index in [0.29, 0.717) is 30.3 Å². The van der Waals surface area contributed by atoms with E-state index in [2.05, 4.69) is 15.3 Å². The molecule has 7 nitrogen and oxygen atoms in total. The first kappa shape index (κ1) is 16.6. The van der Waals surface area contributed by atoms with Crippen molar-refractivity contribution in [2.75, 3.05) is 38.8 Å². The van der Waals surface area contributed by atoms with Crippen LogP contribution < -0.4 is 5.32 Å². The summed E-state index contributed by atoms with van der Waals surface area (Å²) in [5.74, 6) is 0.294. The van der Waals surface area contributed by atoms with Gasteiger partial charge < -0.3 is 19.9 Å². The molecule has 0 unspecified atom stereocenters. The first-order valence-corrected chi connectivity index (χ1v) is 7.75. The minimum atomic E-state index is -0.376. The number of hydrogen-bond donors (Lipinski definition) is 2. The molecule has 0 radical (unpaired) electrons. The number of rotatable bonds is 8. The maximum Gasteiger partial charge on any atom is 0.348 e. The standard InChI is InChI=1S/C14H19N3O4S/c1-9-10-12(15-4-3-5-18)16-8-17-13(10)22-11(9)14(19)21-7-6-20-2/h8,18H,3-7H2,1-2H3,(H,15,16,17). The second kappa shape index (κ2) is 8.02. The van der Waals surface area contributed by atoms with Crippen LogP contribution in [0.15, 0.2) is 6.33 Å². The van der Waals surface area contributed by atoms with E-state index >= 15 is 0 Å². The largest absolute Gasteiger partial charge is 0.459 e. The van der Waals surface area contributed by atoms with Gasteiger partial charge in [-0.15, -0.1) is 11.3 Å². The van der Waals surface area contributed by atoms with Gasteiger partial charge in [-0.05, 0) is 18.9 Å². The Hall–Kier alpha value is -1.77. The first-order valence-electron chi connectivity index (χ1n) is 6.94. The van der Waals surface area contributed by atoms with Crippen LogP contribution >= 0.6 is 11.3 Å². The van der Waals surface area contributed by atoms with E-state index in [9.17, 15) is 4.79 Å². The number of nitrogens with zero attached hydrogens (tertiary/aromatic N) is 2. The van der Waals surface area contributed by atoms with Gasteiger partial charge in [-0.25, -0.2) is 14.8 Å². The lowest BCUT2D eigenvalue weighted by atomic mass is 10.2. The average molecular weight is 325 g/mol. The Balaban J connectivity index is 2.24. The quantitative estimate of drug-likeness (QED) is 0.562. The smallest absolute Gasteiger partial charge is 0.348 e. The summed E-state index contributed by atoms with van der Waals surface area (Å²) in [6.45, 7) is 3.15. The number of anilines is 1. The van der Waals surface area contributed by atoms with Gasteiger partial charge in [0.1, 0.15) is 28.5 Å². The summed E-state index contributed by atoms with van der Waals surface area (Å²) >= 11 is 1.29. The van der Waals surface area contributed by atoms with Gasteiger partial charge in [-0.3, -0.25) is 0 Å². The van der Waals surface area contributed by atoms with Crippen molar-refractivity contribution < 1.29 is 19.4 Å². The fourth-order valence-electron chi connectivity index (χ4n) is 1.97. The number of thiophene rings is 1. The van der Waals surface area contributed by atoms with Crippen molar-refractivity contribution in [2.45, 2.75) is 13.3 Å². The molecule has 2 aromatic rings. The zero-order valence-electron chi connectivity index (χ0n) is 12.6. The fourth-order valence-corrected chi connectivity index (χ4v) is 3.01. The van der Waals surface area contributed by atoms with Crippen LogP contribution in [0.5, 0.6) is 0 Å². The highest BCUT2D eigenvalue weighted by molar-refractivity contribution is 7.20. The van der Waals surface area contributed by atoms with Gasteiger partial charge >= 0.3 is 5.97 Å². The van der Waals surface area contributed by atoms with Gasteiger partial charge in [0, 0.05) is 20.3 Å². The molecule has 0 spiro atoms. The molecule has 0 aliphatic heterocycles. The molecule has 120 valence electrons. The van der Waals surface area contributed by atoms with E-state index in [-0.39, 0.29) is 19.2 Å². The molecule has 0 aliphatic rings. The predicted molar refractivity (Wildman–Crippen MR) is 84.5 cm³/mol. The van der Waals surface area contributed by atoms with E-state index in [4.69, 9.17) is 14.6 Å². The van der Waals surface area contributed by atoms with Gasteiger partial charge in [0.15, 0.2) is 0 Å². The van der Waals surface area contributed by atoms with Crippen LogP contribution in [-0.4, -0.2) is 54.5 Å². The Morgan fingerprint density at radius 1 is 1.41 bits per heavy atom. The van der Waals surface area contributed by atoms with Gasteiger partial charge in [0.05, 0.1) is 12.0 Å². The molecule has 0 aliphatic carbocycles. The molecule has 0 aromatic carbocycles. The summed E-state index contributed by atoms with van der Waals surface area (Å²) in [5.41, 5.74) is 0.800. The number of methoxy groups -OCH3 is 1. The van der Waals surface area contributed by atoms with E-state index in [1.54, 1.807) is 7.11 Å². The molecular weight excluding hydrogens is 306 g/mol. The fraction of sp³-hybridized carbons (Fsp3) is 0.500. The molecule has 0 amide bonds. The van der Waals surface area contributed by atoms with Gasteiger partial charge in [0.25, 0.3) is 0 Å². The summed E-state index contributed by atoms with van der Waals surface area (Å²) < 4.78 is 10.0. The van der Waals surface area contributed by atoms with Crippen LogP contribution in [0, 0.1) is 6.92 Å². The summed E-state index contributed by atoms with van der Waals surface area (Å²) in [5, 5.41) is 12.8. The SMILES string of the molecule is COCCOC(=O)c1sc2ncnc(NCCCO)c2c1C. The number of aliphatic hydroxyl groups excluding tert-OH is 1. The van der Waals surface area contributed by atoms with Crippen molar-refractivity contribution in [1.82, 2.24) is 9.97 Å². The molecule has 2 aromatic heterocycles. The number of hydrogen-bond acceptors (Lipinski definition) is 8. The Kier molecular flexibility index (Phi) is 6.05. The monoisotopic (exact) mass is 325 g/mol. The molecule has 2 N–H and O–H groups in total. The van der Waals surface area contributed by atoms with Crippen molar-refractivity contribution in [3.63, 3.8) is 0 Å². The number of carbonyl (C=O) groups excluding carboxylic acids is 1.